The molecule has 0 aliphatic heterocycles. The number of benzene rings is 3. The first-order chi connectivity index (χ1) is 14.7. The average molecular weight is 389 g/mol. The van der Waals surface area contributed by atoms with Crippen LogP contribution in [0.2, 0.25) is 0 Å². The number of para-hydroxylation sites is 1. The lowest BCUT2D eigenvalue weighted by molar-refractivity contribution is 1.49. The minimum Gasteiger partial charge on any atom is -0.355 e. The highest BCUT2D eigenvalue weighted by atomic mass is 14.7. The topological polar surface area (TPSA) is 28.1 Å². The fourth-order valence-corrected chi connectivity index (χ4v) is 3.62. The van der Waals surface area contributed by atoms with Gasteiger partial charge in [-0.25, -0.2) is 0 Å². The monoisotopic (exact) mass is 388 g/mol. The van der Waals surface area contributed by atoms with Crippen LogP contribution < -0.4 is 0 Å². The third kappa shape index (κ3) is 3.81. The van der Waals surface area contributed by atoms with Gasteiger partial charge in [0.2, 0.25) is 0 Å². The number of hydrogen-bond donors (Lipinski definition) is 1. The average Bonchev–Trinajstić information content (AvgIpc) is 3.15. The zero-order chi connectivity index (χ0) is 20.9. The molecule has 1 heterocycles. The number of rotatable bonds is 6. The number of nitrogens with one attached hydrogen (secondary N) is 1. The zero-order valence-electron chi connectivity index (χ0n) is 17.1. The summed E-state index contributed by atoms with van der Waals surface area (Å²) in [6, 6.07) is 21.3. The van der Waals surface area contributed by atoms with Crippen LogP contribution >= 0.6 is 0 Å². The molecule has 0 unspecified atom stereocenters. The Morgan fingerprint density at radius 2 is 1.67 bits per heavy atom. The first-order valence-electron chi connectivity index (χ1n) is 10.00. The van der Waals surface area contributed by atoms with E-state index in [1.54, 1.807) is 12.3 Å². The van der Waals surface area contributed by atoms with Crippen molar-refractivity contribution in [3.63, 3.8) is 0 Å². The number of nitrogens with zero attached hydrogens (tertiary/aromatic N) is 1. The predicted molar refractivity (Wildman–Crippen MR) is 133 cm³/mol. The molecule has 0 atom stereocenters. The SMILES string of the molecule is C=CC=Nc1ccc(-c2ccc3[nH]c4ccccc4c3c2)cc1C(=C)/C=C\C=C/C. The largest absolute Gasteiger partial charge is 0.355 e. The summed E-state index contributed by atoms with van der Waals surface area (Å²) in [6.07, 6.45) is 11.4. The lowest BCUT2D eigenvalue weighted by Gasteiger charge is -2.10. The van der Waals surface area contributed by atoms with Gasteiger partial charge in [-0.2, -0.15) is 0 Å². The lowest BCUT2D eigenvalue weighted by Crippen LogP contribution is -1.86. The molecule has 30 heavy (non-hydrogen) atoms. The quantitative estimate of drug-likeness (QED) is 0.256. The number of allylic oxidation sites excluding steroid dienone is 6. The molecule has 0 radical (unpaired) electrons. The summed E-state index contributed by atoms with van der Waals surface area (Å²) in [4.78, 5) is 8.02. The van der Waals surface area contributed by atoms with Gasteiger partial charge < -0.3 is 4.98 Å². The van der Waals surface area contributed by atoms with E-state index in [2.05, 4.69) is 77.7 Å². The molecule has 146 valence electrons. The van der Waals surface area contributed by atoms with Crippen molar-refractivity contribution in [2.75, 3.05) is 0 Å². The van der Waals surface area contributed by atoms with Crippen molar-refractivity contribution in [3.8, 4) is 11.1 Å². The van der Waals surface area contributed by atoms with Crippen molar-refractivity contribution >= 4 is 39.3 Å². The van der Waals surface area contributed by atoms with Crippen LogP contribution in [0.25, 0.3) is 38.5 Å². The first kappa shape index (κ1) is 19.4. The standard InChI is InChI=1S/C28H24N2/c1-4-6-7-10-20(3)24-18-21(13-15-26(24)29-17-5-2)22-14-16-28-25(19-22)23-11-8-9-12-27(23)30-28/h4-19,30H,2-3H2,1H3/b6-4-,10-7-,29-17?. The maximum atomic E-state index is 4.53. The highest BCUT2D eigenvalue weighted by molar-refractivity contribution is 6.08. The molecule has 0 fully saturated rings. The van der Waals surface area contributed by atoms with Crippen molar-refractivity contribution in [3.05, 3.63) is 110 Å². The maximum absolute atomic E-state index is 4.53. The molecule has 4 rings (SSSR count). The van der Waals surface area contributed by atoms with E-state index in [1.165, 1.54) is 10.8 Å². The zero-order valence-corrected chi connectivity index (χ0v) is 17.1. The highest BCUT2D eigenvalue weighted by Gasteiger charge is 2.09. The molecule has 3 aromatic carbocycles. The molecule has 0 aliphatic carbocycles. The summed E-state index contributed by atoms with van der Waals surface area (Å²) in [7, 11) is 0. The van der Waals surface area contributed by atoms with Gasteiger partial charge >= 0.3 is 0 Å². The van der Waals surface area contributed by atoms with E-state index in [1.807, 2.05) is 37.3 Å². The second-order valence-electron chi connectivity index (χ2n) is 7.09. The minimum absolute atomic E-state index is 0.877. The Morgan fingerprint density at radius 1 is 0.900 bits per heavy atom. The van der Waals surface area contributed by atoms with E-state index in [0.717, 1.165) is 39.0 Å². The number of aliphatic imine (C=N–C) groups is 1. The Labute approximate surface area is 177 Å². The molecule has 2 heteroatoms. The van der Waals surface area contributed by atoms with Crippen LogP contribution in [-0.2, 0) is 0 Å². The molecule has 1 N–H and O–H groups in total. The summed E-state index contributed by atoms with van der Waals surface area (Å²) < 4.78 is 0. The van der Waals surface area contributed by atoms with Crippen LogP contribution in [0.1, 0.15) is 12.5 Å². The molecule has 0 saturated carbocycles. The van der Waals surface area contributed by atoms with Gasteiger partial charge in [0.05, 0.1) is 5.69 Å². The number of hydrogen-bond acceptors (Lipinski definition) is 1. The highest BCUT2D eigenvalue weighted by Crippen LogP contribution is 2.34. The third-order valence-electron chi connectivity index (χ3n) is 5.10. The van der Waals surface area contributed by atoms with Crippen LogP contribution in [-0.4, -0.2) is 11.2 Å². The second-order valence-corrected chi connectivity index (χ2v) is 7.09. The number of aromatic amines is 1. The maximum Gasteiger partial charge on any atom is 0.0708 e. The molecule has 0 saturated heterocycles. The van der Waals surface area contributed by atoms with E-state index in [9.17, 15) is 0 Å². The fraction of sp³-hybridized carbons (Fsp3) is 0.0357. The van der Waals surface area contributed by atoms with Crippen molar-refractivity contribution in [2.24, 2.45) is 4.99 Å². The van der Waals surface area contributed by atoms with Gasteiger partial charge in [-0.3, -0.25) is 4.99 Å². The Morgan fingerprint density at radius 3 is 2.50 bits per heavy atom. The van der Waals surface area contributed by atoms with Gasteiger partial charge in [0, 0.05) is 33.6 Å². The van der Waals surface area contributed by atoms with Crippen LogP contribution in [0.4, 0.5) is 5.69 Å². The van der Waals surface area contributed by atoms with Gasteiger partial charge in [0.1, 0.15) is 0 Å². The van der Waals surface area contributed by atoms with Gasteiger partial charge in [-0.05, 0) is 54.0 Å². The van der Waals surface area contributed by atoms with E-state index in [0.29, 0.717) is 0 Å². The molecular formula is C28H24N2. The lowest BCUT2D eigenvalue weighted by atomic mass is 9.96. The molecule has 0 bridgehead atoms. The second kappa shape index (κ2) is 8.62. The van der Waals surface area contributed by atoms with E-state index >= 15 is 0 Å². The van der Waals surface area contributed by atoms with Crippen LogP contribution in [0.15, 0.2) is 109 Å². The third-order valence-corrected chi connectivity index (χ3v) is 5.10. The Kier molecular flexibility index (Phi) is 5.58. The molecule has 0 aliphatic rings. The normalized spacial score (nSPS) is 12.0. The summed E-state index contributed by atoms with van der Waals surface area (Å²) in [6.45, 7) is 9.98. The number of fused-ring (bicyclic) bond motifs is 3. The smallest absolute Gasteiger partial charge is 0.0708 e. The Bertz CT molecular complexity index is 1330. The Balaban J connectivity index is 1.83. The molecule has 2 nitrogen and oxygen atoms in total. The van der Waals surface area contributed by atoms with Crippen molar-refractivity contribution in [2.45, 2.75) is 6.92 Å². The predicted octanol–water partition coefficient (Wildman–Crippen LogP) is 8.02. The molecule has 0 amide bonds. The summed E-state index contributed by atoms with van der Waals surface area (Å²) in [5.74, 6) is 0. The van der Waals surface area contributed by atoms with Crippen LogP contribution in [0, 0.1) is 0 Å². The van der Waals surface area contributed by atoms with E-state index in [-0.39, 0.29) is 0 Å². The Hall–Kier alpha value is -3.91. The molecule has 4 aromatic rings. The molecule has 1 aromatic heterocycles. The summed E-state index contributed by atoms with van der Waals surface area (Å²) in [5.41, 5.74) is 7.40. The van der Waals surface area contributed by atoms with E-state index in [4.69, 9.17) is 0 Å². The first-order valence-corrected chi connectivity index (χ1v) is 10.00. The number of H-pyrrole nitrogens is 1. The number of aromatic nitrogens is 1. The molecule has 0 spiro atoms. The fourth-order valence-electron chi connectivity index (χ4n) is 3.62. The van der Waals surface area contributed by atoms with Crippen molar-refractivity contribution < 1.29 is 0 Å². The van der Waals surface area contributed by atoms with Gasteiger partial charge in [-0.1, -0.05) is 73.9 Å². The summed E-state index contributed by atoms with van der Waals surface area (Å²) >= 11 is 0. The van der Waals surface area contributed by atoms with Gasteiger partial charge in [0.25, 0.3) is 0 Å². The van der Waals surface area contributed by atoms with E-state index < -0.39 is 0 Å². The summed E-state index contributed by atoms with van der Waals surface area (Å²) in [5, 5.41) is 2.46. The van der Waals surface area contributed by atoms with Crippen molar-refractivity contribution in [1.82, 2.24) is 4.98 Å². The van der Waals surface area contributed by atoms with Crippen LogP contribution in [0.3, 0.4) is 0 Å². The van der Waals surface area contributed by atoms with Gasteiger partial charge in [-0.15, -0.1) is 0 Å². The van der Waals surface area contributed by atoms with Gasteiger partial charge in [0.15, 0.2) is 0 Å². The van der Waals surface area contributed by atoms with Crippen molar-refractivity contribution in [1.29, 1.82) is 0 Å². The molecular weight excluding hydrogens is 364 g/mol. The minimum atomic E-state index is 0.877. The van der Waals surface area contributed by atoms with Crippen LogP contribution in [0.5, 0.6) is 0 Å².